The number of carbonyl (C=O) groups is 1. The third-order valence-electron chi connectivity index (χ3n) is 5.55. The minimum absolute atomic E-state index is 0.0634. The molecule has 0 unspecified atom stereocenters. The van der Waals surface area contributed by atoms with Crippen LogP contribution in [0.15, 0.2) is 66.7 Å². The summed E-state index contributed by atoms with van der Waals surface area (Å²) in [5.41, 5.74) is 3.76. The van der Waals surface area contributed by atoms with Gasteiger partial charge in [-0.15, -0.1) is 0 Å². The number of ether oxygens (including phenoxy) is 1. The minimum Gasteiger partial charge on any atom is -0.489 e. The number of amides is 1. The summed E-state index contributed by atoms with van der Waals surface area (Å²) in [7, 11) is -3.69. The van der Waals surface area contributed by atoms with E-state index in [0.29, 0.717) is 30.0 Å². The van der Waals surface area contributed by atoms with Gasteiger partial charge in [-0.1, -0.05) is 73.8 Å². The fourth-order valence-corrected chi connectivity index (χ4v) is 4.99. The fourth-order valence-electron chi connectivity index (χ4n) is 3.64. The van der Waals surface area contributed by atoms with Gasteiger partial charge in [-0.25, -0.2) is 13.1 Å². The summed E-state index contributed by atoms with van der Waals surface area (Å²) in [6.07, 6.45) is 2.64. The first-order valence-electron chi connectivity index (χ1n) is 11.4. The average Bonchev–Trinajstić information content (AvgIpc) is 2.80. The maximum Gasteiger partial charge on any atom is 0.265 e. The van der Waals surface area contributed by atoms with Crippen molar-refractivity contribution in [3.63, 3.8) is 0 Å². The highest BCUT2D eigenvalue weighted by molar-refractivity contribution is 7.90. The number of aryl methyl sites for hydroxylation is 1. The molecular formula is C27H30ClNO4S. The Balaban J connectivity index is 1.74. The van der Waals surface area contributed by atoms with E-state index in [1.807, 2.05) is 68.4 Å². The van der Waals surface area contributed by atoms with Crippen LogP contribution in [0, 0.1) is 6.92 Å². The van der Waals surface area contributed by atoms with Crippen LogP contribution in [0.1, 0.15) is 58.8 Å². The molecule has 1 amide bonds. The normalized spacial score (nSPS) is 11.3. The van der Waals surface area contributed by atoms with Crippen LogP contribution in [0.3, 0.4) is 0 Å². The molecule has 0 bridgehead atoms. The van der Waals surface area contributed by atoms with Gasteiger partial charge in [0.25, 0.3) is 5.91 Å². The van der Waals surface area contributed by atoms with Crippen molar-refractivity contribution < 1.29 is 17.9 Å². The molecule has 5 nitrogen and oxygen atoms in total. The van der Waals surface area contributed by atoms with Crippen molar-refractivity contribution in [3.8, 4) is 5.75 Å². The van der Waals surface area contributed by atoms with Crippen molar-refractivity contribution in [2.75, 3.05) is 5.75 Å². The summed E-state index contributed by atoms with van der Waals surface area (Å²) >= 11 is 6.57. The molecule has 1 N–H and O–H groups in total. The summed E-state index contributed by atoms with van der Waals surface area (Å²) in [5, 5.41) is 0.566. The summed E-state index contributed by atoms with van der Waals surface area (Å²) in [6.45, 7) is 4.29. The number of sulfonamides is 1. The van der Waals surface area contributed by atoms with Gasteiger partial charge in [0.1, 0.15) is 12.4 Å². The molecular weight excluding hydrogens is 470 g/mol. The summed E-state index contributed by atoms with van der Waals surface area (Å²) in [4.78, 5) is 12.9. The number of rotatable bonds is 11. The lowest BCUT2D eigenvalue weighted by Gasteiger charge is -2.15. The molecule has 3 aromatic rings. The zero-order valence-corrected chi connectivity index (χ0v) is 21.1. The van der Waals surface area contributed by atoms with Gasteiger partial charge in [0.05, 0.1) is 5.75 Å². The fraction of sp³-hybridized carbons (Fsp3) is 0.296. The van der Waals surface area contributed by atoms with Crippen LogP contribution in [0.25, 0.3) is 0 Å². The molecule has 7 heteroatoms. The van der Waals surface area contributed by atoms with Crippen molar-refractivity contribution in [1.29, 1.82) is 0 Å². The van der Waals surface area contributed by atoms with E-state index in [4.69, 9.17) is 16.3 Å². The molecule has 0 aliphatic carbocycles. The number of halogens is 1. The quantitative estimate of drug-likeness (QED) is 0.325. The van der Waals surface area contributed by atoms with Crippen LogP contribution in [0.2, 0.25) is 5.02 Å². The van der Waals surface area contributed by atoms with Crippen LogP contribution in [-0.2, 0) is 23.1 Å². The maximum absolute atomic E-state index is 12.9. The van der Waals surface area contributed by atoms with Gasteiger partial charge in [-0.3, -0.25) is 4.79 Å². The van der Waals surface area contributed by atoms with E-state index in [1.54, 1.807) is 12.1 Å². The molecule has 0 spiro atoms. The SMILES string of the molecule is CCCCCS(=O)(=O)NC(=O)c1cccc(C)c1Cc1ccc(COc2ccccc2)cc1Cl. The highest BCUT2D eigenvalue weighted by atomic mass is 35.5. The third kappa shape index (κ3) is 7.34. The summed E-state index contributed by atoms with van der Waals surface area (Å²) < 4.78 is 32.7. The van der Waals surface area contributed by atoms with Gasteiger partial charge in [0, 0.05) is 10.6 Å². The topological polar surface area (TPSA) is 72.5 Å². The number of benzene rings is 3. The zero-order chi connectivity index (χ0) is 24.6. The van der Waals surface area contributed by atoms with Crippen molar-refractivity contribution >= 4 is 27.5 Å². The molecule has 3 rings (SSSR count). The largest absolute Gasteiger partial charge is 0.489 e. The Labute approximate surface area is 207 Å². The Morgan fingerprint density at radius 2 is 1.76 bits per heavy atom. The third-order valence-corrected chi connectivity index (χ3v) is 7.23. The smallest absolute Gasteiger partial charge is 0.265 e. The zero-order valence-electron chi connectivity index (χ0n) is 19.5. The first kappa shape index (κ1) is 25.8. The predicted octanol–water partition coefficient (Wildman–Crippen LogP) is 6.07. The van der Waals surface area contributed by atoms with E-state index in [1.165, 1.54) is 0 Å². The van der Waals surface area contributed by atoms with Gasteiger partial charge < -0.3 is 4.74 Å². The molecule has 0 atom stereocenters. The molecule has 0 saturated heterocycles. The van der Waals surface area contributed by atoms with Crippen molar-refractivity contribution in [1.82, 2.24) is 4.72 Å². The Kier molecular flexibility index (Phi) is 9.13. The first-order valence-corrected chi connectivity index (χ1v) is 13.4. The second-order valence-electron chi connectivity index (χ2n) is 8.26. The minimum atomic E-state index is -3.69. The highest BCUT2D eigenvalue weighted by Crippen LogP contribution is 2.25. The van der Waals surface area contributed by atoms with Crippen molar-refractivity contribution in [2.24, 2.45) is 0 Å². The number of hydrogen-bond donors (Lipinski definition) is 1. The number of carbonyl (C=O) groups excluding carboxylic acids is 1. The average molecular weight is 500 g/mol. The van der Waals surface area contributed by atoms with Gasteiger partial charge in [-0.05, 0) is 66.3 Å². The number of hydrogen-bond acceptors (Lipinski definition) is 4. The standard InChI is InChI=1S/C27H30ClNO4S/c1-3-4-8-16-34(31,32)29-27(30)24-13-9-10-20(2)25(24)18-22-15-14-21(17-26(22)28)19-33-23-11-6-5-7-12-23/h5-7,9-15,17H,3-4,8,16,18-19H2,1-2H3,(H,29,30). The van der Waals surface area contributed by atoms with E-state index >= 15 is 0 Å². The molecule has 34 heavy (non-hydrogen) atoms. The molecule has 0 aliphatic rings. The molecule has 0 fully saturated rings. The lowest BCUT2D eigenvalue weighted by atomic mass is 9.94. The van der Waals surface area contributed by atoms with Gasteiger partial charge in [0.15, 0.2) is 0 Å². The summed E-state index contributed by atoms with van der Waals surface area (Å²) in [6, 6.07) is 20.6. The van der Waals surface area contributed by atoms with E-state index in [2.05, 4.69) is 4.72 Å². The second kappa shape index (κ2) is 12.0. The first-order chi connectivity index (χ1) is 16.3. The van der Waals surface area contributed by atoms with Gasteiger partial charge in [-0.2, -0.15) is 0 Å². The Morgan fingerprint density at radius 1 is 1.00 bits per heavy atom. The van der Waals surface area contributed by atoms with E-state index in [-0.39, 0.29) is 5.75 Å². The number of nitrogens with one attached hydrogen (secondary N) is 1. The van der Waals surface area contributed by atoms with E-state index < -0.39 is 15.9 Å². The molecule has 3 aromatic carbocycles. The van der Waals surface area contributed by atoms with Gasteiger partial charge in [0.2, 0.25) is 10.0 Å². The molecule has 0 aromatic heterocycles. The van der Waals surface area contributed by atoms with E-state index in [9.17, 15) is 13.2 Å². The Bertz CT molecular complexity index is 1230. The molecule has 180 valence electrons. The van der Waals surface area contributed by atoms with Crippen molar-refractivity contribution in [3.05, 3.63) is 99.6 Å². The monoisotopic (exact) mass is 499 g/mol. The van der Waals surface area contributed by atoms with E-state index in [0.717, 1.165) is 40.8 Å². The van der Waals surface area contributed by atoms with Crippen molar-refractivity contribution in [2.45, 2.75) is 46.1 Å². The number of para-hydroxylation sites is 1. The van der Waals surface area contributed by atoms with Crippen LogP contribution >= 0.6 is 11.6 Å². The lowest BCUT2D eigenvalue weighted by Crippen LogP contribution is -2.33. The maximum atomic E-state index is 12.9. The highest BCUT2D eigenvalue weighted by Gasteiger charge is 2.20. The predicted molar refractivity (Wildman–Crippen MR) is 137 cm³/mol. The molecule has 0 aliphatic heterocycles. The van der Waals surface area contributed by atoms with Crippen LogP contribution in [-0.4, -0.2) is 20.1 Å². The summed E-state index contributed by atoms with van der Waals surface area (Å²) in [5.74, 6) is 0.105. The number of unbranched alkanes of at least 4 members (excludes halogenated alkanes) is 2. The van der Waals surface area contributed by atoms with Crippen LogP contribution < -0.4 is 9.46 Å². The lowest BCUT2D eigenvalue weighted by molar-refractivity contribution is 0.0980. The Morgan fingerprint density at radius 3 is 2.47 bits per heavy atom. The van der Waals surface area contributed by atoms with Crippen LogP contribution in [0.4, 0.5) is 0 Å². The van der Waals surface area contributed by atoms with Crippen LogP contribution in [0.5, 0.6) is 5.75 Å². The van der Waals surface area contributed by atoms with Gasteiger partial charge >= 0.3 is 0 Å². The second-order valence-corrected chi connectivity index (χ2v) is 10.5. The molecule has 0 saturated carbocycles. The Hall–Kier alpha value is -2.83. The molecule has 0 heterocycles. The molecule has 0 radical (unpaired) electrons.